The minimum Gasteiger partial charge on any atom is -0.508 e. The lowest BCUT2D eigenvalue weighted by Gasteiger charge is -2.00. The fraction of sp³-hybridized carbons (Fsp3) is 0.333. The third kappa shape index (κ3) is 3.54. The van der Waals surface area contributed by atoms with Gasteiger partial charge in [-0.05, 0) is 31.1 Å². The first kappa shape index (κ1) is 11.3. The number of aliphatic hydroxyl groups is 1. The molecule has 0 heterocycles. The van der Waals surface area contributed by atoms with Gasteiger partial charge in [0.05, 0.1) is 0 Å². The van der Waals surface area contributed by atoms with Gasteiger partial charge in [-0.2, -0.15) is 0 Å². The monoisotopic (exact) mass is 254 g/mol. The second-order valence-corrected chi connectivity index (χ2v) is 4.15. The van der Waals surface area contributed by atoms with Crippen molar-refractivity contribution in [3.63, 3.8) is 0 Å². The summed E-state index contributed by atoms with van der Waals surface area (Å²) in [6.07, 6.45) is 5.11. The van der Waals surface area contributed by atoms with Crippen LogP contribution in [-0.4, -0.2) is 5.11 Å². The number of unbranched alkanes of at least 4 members (excludes halogenated alkanes) is 2. The minimum atomic E-state index is 0.381. The number of rotatable bonds is 4. The molecule has 0 spiro atoms. The van der Waals surface area contributed by atoms with Crippen molar-refractivity contribution in [3.05, 3.63) is 40.4 Å². The minimum absolute atomic E-state index is 0.381. The van der Waals surface area contributed by atoms with Crippen LogP contribution in [0.25, 0.3) is 5.76 Å². The van der Waals surface area contributed by atoms with Crippen molar-refractivity contribution in [2.45, 2.75) is 26.2 Å². The van der Waals surface area contributed by atoms with E-state index in [0.29, 0.717) is 5.76 Å². The maximum Gasteiger partial charge on any atom is 0.118 e. The van der Waals surface area contributed by atoms with Gasteiger partial charge in [-0.25, -0.2) is 0 Å². The molecule has 0 aromatic heterocycles. The second kappa shape index (κ2) is 5.86. The summed E-state index contributed by atoms with van der Waals surface area (Å²) in [4.78, 5) is 0. The van der Waals surface area contributed by atoms with Crippen LogP contribution in [0.2, 0.25) is 0 Å². The second-order valence-electron chi connectivity index (χ2n) is 3.24. The van der Waals surface area contributed by atoms with E-state index in [1.165, 1.54) is 0 Å². The molecule has 0 aliphatic rings. The molecule has 0 atom stereocenters. The van der Waals surface area contributed by atoms with Crippen LogP contribution < -0.4 is 0 Å². The van der Waals surface area contributed by atoms with Crippen LogP contribution in [0.3, 0.4) is 0 Å². The summed E-state index contributed by atoms with van der Waals surface area (Å²) < 4.78 is 1.03. The molecule has 14 heavy (non-hydrogen) atoms. The largest absolute Gasteiger partial charge is 0.508 e. The molecule has 0 fully saturated rings. The zero-order chi connectivity index (χ0) is 10.4. The Morgan fingerprint density at radius 2 is 2.00 bits per heavy atom. The molecule has 0 amide bonds. The SMILES string of the molecule is CCCC/C=C(\O)c1ccc(Br)cc1. The summed E-state index contributed by atoms with van der Waals surface area (Å²) in [6.45, 7) is 2.14. The molecule has 76 valence electrons. The highest BCUT2D eigenvalue weighted by atomic mass is 79.9. The summed E-state index contributed by atoms with van der Waals surface area (Å²) in [5, 5.41) is 9.68. The van der Waals surface area contributed by atoms with Crippen molar-refractivity contribution in [3.8, 4) is 0 Å². The number of benzene rings is 1. The van der Waals surface area contributed by atoms with E-state index in [9.17, 15) is 5.11 Å². The predicted octanol–water partition coefficient (Wildman–Crippen LogP) is 4.54. The van der Waals surface area contributed by atoms with Crippen LogP contribution in [-0.2, 0) is 0 Å². The lowest BCUT2D eigenvalue weighted by atomic mass is 10.1. The van der Waals surface area contributed by atoms with Crippen LogP contribution in [0.15, 0.2) is 34.8 Å². The predicted molar refractivity (Wildman–Crippen MR) is 64.3 cm³/mol. The van der Waals surface area contributed by atoms with E-state index < -0.39 is 0 Å². The van der Waals surface area contributed by atoms with Crippen molar-refractivity contribution < 1.29 is 5.11 Å². The lowest BCUT2D eigenvalue weighted by molar-refractivity contribution is 0.508. The van der Waals surface area contributed by atoms with Gasteiger partial charge < -0.3 is 5.11 Å². The third-order valence-electron chi connectivity index (χ3n) is 2.04. The fourth-order valence-corrected chi connectivity index (χ4v) is 1.45. The van der Waals surface area contributed by atoms with E-state index in [2.05, 4.69) is 22.9 Å². The maximum atomic E-state index is 9.68. The van der Waals surface area contributed by atoms with E-state index >= 15 is 0 Å². The van der Waals surface area contributed by atoms with Gasteiger partial charge in [-0.1, -0.05) is 41.4 Å². The molecular weight excluding hydrogens is 240 g/mol. The smallest absolute Gasteiger partial charge is 0.118 e. The topological polar surface area (TPSA) is 20.2 Å². The van der Waals surface area contributed by atoms with E-state index in [-0.39, 0.29) is 0 Å². The Hall–Kier alpha value is -0.760. The van der Waals surface area contributed by atoms with E-state index in [0.717, 1.165) is 29.3 Å². The molecule has 0 unspecified atom stereocenters. The molecule has 0 bridgehead atoms. The number of halogens is 1. The Kier molecular flexibility index (Phi) is 4.74. The average Bonchev–Trinajstić information content (AvgIpc) is 2.19. The highest BCUT2D eigenvalue weighted by molar-refractivity contribution is 9.10. The van der Waals surface area contributed by atoms with Gasteiger partial charge in [-0.15, -0.1) is 0 Å². The number of allylic oxidation sites excluding steroid dienone is 1. The summed E-state index contributed by atoms with van der Waals surface area (Å²) in [7, 11) is 0. The van der Waals surface area contributed by atoms with Gasteiger partial charge in [-0.3, -0.25) is 0 Å². The van der Waals surface area contributed by atoms with E-state index in [4.69, 9.17) is 0 Å². The van der Waals surface area contributed by atoms with E-state index in [1.54, 1.807) is 0 Å². The normalized spacial score (nSPS) is 11.7. The van der Waals surface area contributed by atoms with Gasteiger partial charge in [0.25, 0.3) is 0 Å². The fourth-order valence-electron chi connectivity index (χ4n) is 1.18. The number of hydrogen-bond donors (Lipinski definition) is 1. The first-order chi connectivity index (χ1) is 6.74. The zero-order valence-corrected chi connectivity index (χ0v) is 9.92. The first-order valence-electron chi connectivity index (χ1n) is 4.89. The molecule has 1 aromatic rings. The summed E-state index contributed by atoms with van der Waals surface area (Å²) in [6, 6.07) is 7.67. The van der Waals surface area contributed by atoms with Crippen LogP contribution in [0.1, 0.15) is 31.7 Å². The number of aliphatic hydroxyl groups excluding tert-OH is 1. The Labute approximate surface area is 93.6 Å². The van der Waals surface area contributed by atoms with Crippen LogP contribution in [0, 0.1) is 0 Å². The van der Waals surface area contributed by atoms with Crippen molar-refractivity contribution >= 4 is 21.7 Å². The van der Waals surface area contributed by atoms with Crippen molar-refractivity contribution in [1.82, 2.24) is 0 Å². The Balaban J connectivity index is 2.64. The Bertz CT molecular complexity index is 301. The van der Waals surface area contributed by atoms with E-state index in [1.807, 2.05) is 30.3 Å². The average molecular weight is 255 g/mol. The third-order valence-corrected chi connectivity index (χ3v) is 2.56. The quantitative estimate of drug-likeness (QED) is 0.618. The van der Waals surface area contributed by atoms with Gasteiger partial charge >= 0.3 is 0 Å². The molecule has 2 heteroatoms. The maximum absolute atomic E-state index is 9.68. The zero-order valence-electron chi connectivity index (χ0n) is 8.33. The molecule has 1 aromatic carbocycles. The van der Waals surface area contributed by atoms with Gasteiger partial charge in [0.1, 0.15) is 5.76 Å². The molecular formula is C12H15BrO. The molecule has 0 saturated carbocycles. The van der Waals surface area contributed by atoms with Crippen molar-refractivity contribution in [2.75, 3.05) is 0 Å². The molecule has 0 saturated heterocycles. The summed E-state index contributed by atoms with van der Waals surface area (Å²) in [5.41, 5.74) is 0.879. The van der Waals surface area contributed by atoms with Gasteiger partial charge in [0.2, 0.25) is 0 Å². The standard InChI is InChI=1S/C12H15BrO/c1-2-3-4-5-12(14)10-6-8-11(13)9-7-10/h5-9,14H,2-4H2,1H3/b12-5-. The Morgan fingerprint density at radius 1 is 1.36 bits per heavy atom. The summed E-state index contributed by atoms with van der Waals surface area (Å²) >= 11 is 3.36. The van der Waals surface area contributed by atoms with Crippen LogP contribution in [0.4, 0.5) is 0 Å². The van der Waals surface area contributed by atoms with Gasteiger partial charge in [0, 0.05) is 10.0 Å². The molecule has 0 aliphatic carbocycles. The Morgan fingerprint density at radius 3 is 2.57 bits per heavy atom. The van der Waals surface area contributed by atoms with Crippen LogP contribution in [0.5, 0.6) is 0 Å². The summed E-state index contributed by atoms with van der Waals surface area (Å²) in [5.74, 6) is 0.381. The molecule has 0 aliphatic heterocycles. The van der Waals surface area contributed by atoms with Gasteiger partial charge in [0.15, 0.2) is 0 Å². The molecule has 1 rings (SSSR count). The highest BCUT2D eigenvalue weighted by Crippen LogP contribution is 2.16. The van der Waals surface area contributed by atoms with Crippen molar-refractivity contribution in [1.29, 1.82) is 0 Å². The van der Waals surface area contributed by atoms with Crippen LogP contribution >= 0.6 is 15.9 Å². The number of hydrogen-bond acceptors (Lipinski definition) is 1. The highest BCUT2D eigenvalue weighted by Gasteiger charge is 1.97. The first-order valence-corrected chi connectivity index (χ1v) is 5.68. The molecule has 1 nitrogen and oxygen atoms in total. The molecule has 1 N–H and O–H groups in total. The molecule has 0 radical (unpaired) electrons. The van der Waals surface area contributed by atoms with Crippen molar-refractivity contribution in [2.24, 2.45) is 0 Å². The lowest BCUT2D eigenvalue weighted by Crippen LogP contribution is -1.82.